The molecule has 0 saturated heterocycles. The minimum atomic E-state index is -5.22. The van der Waals surface area contributed by atoms with Gasteiger partial charge in [0.1, 0.15) is 0 Å². The van der Waals surface area contributed by atoms with Crippen LogP contribution in [-0.4, -0.2) is 23.9 Å². The molecule has 8 nitrogen and oxygen atoms in total. The summed E-state index contributed by atoms with van der Waals surface area (Å²) in [6.07, 6.45) is 2.00. The van der Waals surface area contributed by atoms with E-state index in [0.29, 0.717) is 25.7 Å². The molecule has 0 aromatic rings. The fourth-order valence-corrected chi connectivity index (χ4v) is 4.47. The molecular weight excluding hydrogens is 368 g/mol. The summed E-state index contributed by atoms with van der Waals surface area (Å²) >= 11 is -5.22. The topological polar surface area (TPSA) is 105 Å². The first-order valence-corrected chi connectivity index (χ1v) is 11.2. The Bertz CT molecular complexity index is 378. The summed E-state index contributed by atoms with van der Waals surface area (Å²) in [4.78, 5) is 47.7. The van der Waals surface area contributed by atoms with Crippen LogP contribution in [-0.2, 0) is 50.6 Å². The molecule has 0 aromatic heterocycles. The van der Waals surface area contributed by atoms with E-state index in [0.717, 1.165) is 0 Å². The molecule has 0 fully saturated rings. The molecule has 25 heavy (non-hydrogen) atoms. The van der Waals surface area contributed by atoms with Gasteiger partial charge in [-0.2, -0.15) is 0 Å². The summed E-state index contributed by atoms with van der Waals surface area (Å²) in [5, 5.41) is 0. The van der Waals surface area contributed by atoms with Crippen molar-refractivity contribution in [2.45, 2.75) is 79.1 Å². The Morgan fingerprint density at radius 3 is 0.880 bits per heavy atom. The van der Waals surface area contributed by atoms with Gasteiger partial charge in [0.05, 0.1) is 0 Å². The molecule has 9 heteroatoms. The van der Waals surface area contributed by atoms with Crippen LogP contribution in [0.5, 0.6) is 0 Å². The summed E-state index contributed by atoms with van der Waals surface area (Å²) in [6, 6.07) is 0. The number of rotatable bonds is 12. The Morgan fingerprint density at radius 1 is 0.520 bits per heavy atom. The van der Waals surface area contributed by atoms with Crippen molar-refractivity contribution in [2.24, 2.45) is 0 Å². The van der Waals surface area contributed by atoms with Crippen molar-refractivity contribution in [1.82, 2.24) is 0 Å². The van der Waals surface area contributed by atoms with Gasteiger partial charge in [-0.25, -0.2) is 0 Å². The summed E-state index contributed by atoms with van der Waals surface area (Å²) < 4.78 is 20.6. The van der Waals surface area contributed by atoms with Gasteiger partial charge >= 0.3 is 154 Å². The second-order valence-corrected chi connectivity index (χ2v) is 8.23. The number of hydrogen-bond donors (Lipinski definition) is 0. The van der Waals surface area contributed by atoms with E-state index in [2.05, 4.69) is 0 Å². The average molecular weight is 396 g/mol. The first-order chi connectivity index (χ1) is 11.8. The quantitative estimate of drug-likeness (QED) is 0.463. The van der Waals surface area contributed by atoms with Crippen molar-refractivity contribution in [3.63, 3.8) is 0 Å². The van der Waals surface area contributed by atoms with Gasteiger partial charge in [-0.15, -0.1) is 0 Å². The Labute approximate surface area is 153 Å². The van der Waals surface area contributed by atoms with Crippen molar-refractivity contribution >= 4 is 23.9 Å². The Hall–Kier alpha value is -1.41. The van der Waals surface area contributed by atoms with Crippen LogP contribution in [0.25, 0.3) is 0 Å². The van der Waals surface area contributed by atoms with Crippen LogP contribution in [0, 0.1) is 0 Å². The van der Waals surface area contributed by atoms with E-state index in [1.165, 1.54) is 0 Å². The summed E-state index contributed by atoms with van der Waals surface area (Å²) in [6.45, 7) is 7.02. The molecule has 0 saturated carbocycles. The molecule has 0 N–H and O–H groups in total. The molecule has 0 bridgehead atoms. The van der Waals surface area contributed by atoms with Gasteiger partial charge in [0.25, 0.3) is 0 Å². The third kappa shape index (κ3) is 10.2. The third-order valence-electron chi connectivity index (χ3n) is 2.77. The van der Waals surface area contributed by atoms with Gasteiger partial charge in [0.2, 0.25) is 0 Å². The molecule has 0 spiro atoms. The molecule has 0 aliphatic carbocycles. The van der Waals surface area contributed by atoms with Gasteiger partial charge in [0, 0.05) is 0 Å². The van der Waals surface area contributed by atoms with Crippen LogP contribution < -0.4 is 0 Å². The molecule has 0 aliphatic rings. The van der Waals surface area contributed by atoms with Gasteiger partial charge in [0.15, 0.2) is 0 Å². The van der Waals surface area contributed by atoms with Gasteiger partial charge in [-0.05, 0) is 0 Å². The van der Waals surface area contributed by atoms with E-state index in [4.69, 9.17) is 13.3 Å². The predicted molar refractivity (Wildman–Crippen MR) is 84.0 cm³/mol. The molecule has 0 unspecified atom stereocenters. The summed E-state index contributed by atoms with van der Waals surface area (Å²) in [5.74, 6) is -2.94. The zero-order chi connectivity index (χ0) is 19.3. The first-order valence-electron chi connectivity index (χ1n) is 8.69. The molecule has 0 radical (unpaired) electrons. The van der Waals surface area contributed by atoms with Crippen LogP contribution in [0.3, 0.4) is 0 Å². The van der Waals surface area contributed by atoms with E-state index in [9.17, 15) is 19.2 Å². The Morgan fingerprint density at radius 2 is 0.720 bits per heavy atom. The fourth-order valence-electron chi connectivity index (χ4n) is 1.70. The molecule has 0 heterocycles. The monoisotopic (exact) mass is 396 g/mol. The number of hydrogen-bond acceptors (Lipinski definition) is 8. The number of carbonyl (C=O) groups is 4. The zero-order valence-corrected chi connectivity index (χ0v) is 17.0. The first kappa shape index (κ1) is 23.6. The second kappa shape index (κ2) is 12.9. The van der Waals surface area contributed by atoms with E-state index >= 15 is 0 Å². The standard InChI is InChI=1S/4C4H8O2.Ti/c4*1-2-3-4(5)6;/h4*2-3H2,1H3,(H,5,6);/q;;;;+4/p-4. The SMILES string of the molecule is CCCC(=O)[O][Ti]([O]C(=O)CCC)([O]C(=O)CCC)[O]C(=O)CCC. The average Bonchev–Trinajstić information content (AvgIpc) is 2.47. The molecule has 144 valence electrons. The summed E-state index contributed by atoms with van der Waals surface area (Å²) in [5.41, 5.74) is 0. The predicted octanol–water partition coefficient (Wildman–Crippen LogP) is 3.17. The second-order valence-electron chi connectivity index (χ2n) is 5.40. The zero-order valence-electron chi connectivity index (χ0n) is 15.4. The van der Waals surface area contributed by atoms with Crippen LogP contribution in [0.4, 0.5) is 0 Å². The van der Waals surface area contributed by atoms with E-state index in [-0.39, 0.29) is 25.7 Å². The van der Waals surface area contributed by atoms with Crippen LogP contribution in [0.2, 0.25) is 0 Å². The number of carbonyl (C=O) groups excluding carboxylic acids is 4. The van der Waals surface area contributed by atoms with Crippen molar-refractivity contribution in [2.75, 3.05) is 0 Å². The Balaban J connectivity index is 5.55. The van der Waals surface area contributed by atoms with Gasteiger partial charge in [-0.3, -0.25) is 0 Å². The van der Waals surface area contributed by atoms with Crippen LogP contribution in [0.1, 0.15) is 79.1 Å². The van der Waals surface area contributed by atoms with Gasteiger partial charge in [-0.1, -0.05) is 0 Å². The van der Waals surface area contributed by atoms with Crippen molar-refractivity contribution in [3.8, 4) is 0 Å². The minimum absolute atomic E-state index is 0.0228. The van der Waals surface area contributed by atoms with Gasteiger partial charge < -0.3 is 0 Å². The van der Waals surface area contributed by atoms with E-state index in [1.54, 1.807) is 27.7 Å². The van der Waals surface area contributed by atoms with Crippen LogP contribution in [0.15, 0.2) is 0 Å². The van der Waals surface area contributed by atoms with Crippen LogP contribution >= 0.6 is 0 Å². The molecule has 0 atom stereocenters. The van der Waals surface area contributed by atoms with Crippen molar-refractivity contribution in [3.05, 3.63) is 0 Å². The fraction of sp³-hybridized carbons (Fsp3) is 0.750. The Kier molecular flexibility index (Phi) is 12.2. The molecule has 0 aliphatic heterocycles. The third-order valence-corrected chi connectivity index (χ3v) is 5.76. The molecule has 0 aromatic carbocycles. The molecule has 0 amide bonds. The summed E-state index contributed by atoms with van der Waals surface area (Å²) in [7, 11) is 0. The van der Waals surface area contributed by atoms with Crippen molar-refractivity contribution < 1.29 is 50.6 Å². The van der Waals surface area contributed by atoms with E-state index in [1.807, 2.05) is 0 Å². The van der Waals surface area contributed by atoms with Crippen molar-refractivity contribution in [1.29, 1.82) is 0 Å². The normalized spacial score (nSPS) is 10.7. The maximum atomic E-state index is 11.9. The molecular formula is C16H28O8Ti. The maximum absolute atomic E-state index is 11.9. The molecule has 0 rings (SSSR count). The van der Waals surface area contributed by atoms with E-state index < -0.39 is 42.0 Å².